The zero-order valence-corrected chi connectivity index (χ0v) is 14.0. The molecule has 1 nitrogen and oxygen atoms in total. The maximum absolute atomic E-state index is 5.31. The van der Waals surface area contributed by atoms with Gasteiger partial charge in [-0.05, 0) is 19.0 Å². The molecule has 0 spiro atoms. The Bertz CT molecular complexity index is 186. The standard InChI is InChI=1S/C19H39N/c1-2-3-4-5-6-7-8-9-10-11-12-13-14-15-16-17-18-19-20/h18-19H,2-17,20H2,1H3. The Hall–Kier alpha value is -0.460. The quantitative estimate of drug-likeness (QED) is 0.312. The highest BCUT2D eigenvalue weighted by atomic mass is 14.5. The van der Waals surface area contributed by atoms with Crippen LogP contribution in [0, 0.1) is 0 Å². The average molecular weight is 282 g/mol. The monoisotopic (exact) mass is 281 g/mol. The fraction of sp³-hybridized carbons (Fsp3) is 0.895. The minimum absolute atomic E-state index is 1.16. The van der Waals surface area contributed by atoms with Crippen molar-refractivity contribution in [3.8, 4) is 0 Å². The Morgan fingerprint density at radius 3 is 1.25 bits per heavy atom. The molecule has 0 aromatic rings. The number of allylic oxidation sites excluding steroid dienone is 1. The molecular formula is C19H39N. The van der Waals surface area contributed by atoms with Crippen LogP contribution in [0.5, 0.6) is 0 Å². The minimum atomic E-state index is 1.16. The van der Waals surface area contributed by atoms with Crippen LogP contribution in [0.15, 0.2) is 12.3 Å². The minimum Gasteiger partial charge on any atom is -0.405 e. The van der Waals surface area contributed by atoms with Crippen LogP contribution in [0.3, 0.4) is 0 Å². The first-order valence-electron chi connectivity index (χ1n) is 9.28. The fourth-order valence-electron chi connectivity index (χ4n) is 2.73. The summed E-state index contributed by atoms with van der Waals surface area (Å²) in [5, 5.41) is 0. The van der Waals surface area contributed by atoms with Crippen molar-refractivity contribution in [1.82, 2.24) is 0 Å². The third-order valence-corrected chi connectivity index (χ3v) is 4.11. The molecule has 0 aliphatic carbocycles. The van der Waals surface area contributed by atoms with Gasteiger partial charge in [-0.15, -0.1) is 0 Å². The van der Waals surface area contributed by atoms with Crippen LogP contribution in [-0.2, 0) is 0 Å². The van der Waals surface area contributed by atoms with Gasteiger partial charge in [0.05, 0.1) is 0 Å². The number of nitrogens with two attached hydrogens (primary N) is 1. The van der Waals surface area contributed by atoms with E-state index in [-0.39, 0.29) is 0 Å². The molecular weight excluding hydrogens is 242 g/mol. The zero-order valence-electron chi connectivity index (χ0n) is 14.0. The topological polar surface area (TPSA) is 26.0 Å². The van der Waals surface area contributed by atoms with Gasteiger partial charge in [-0.3, -0.25) is 0 Å². The smallest absolute Gasteiger partial charge is 0.0103 e. The van der Waals surface area contributed by atoms with Gasteiger partial charge in [0.1, 0.15) is 0 Å². The van der Waals surface area contributed by atoms with Crippen molar-refractivity contribution in [2.45, 2.75) is 110 Å². The summed E-state index contributed by atoms with van der Waals surface area (Å²) in [6.45, 7) is 2.29. The summed E-state index contributed by atoms with van der Waals surface area (Å²) in [7, 11) is 0. The molecule has 0 saturated heterocycles. The van der Waals surface area contributed by atoms with Gasteiger partial charge in [0.25, 0.3) is 0 Å². The maximum atomic E-state index is 5.31. The van der Waals surface area contributed by atoms with Crippen molar-refractivity contribution in [3.63, 3.8) is 0 Å². The first-order valence-corrected chi connectivity index (χ1v) is 9.28. The largest absolute Gasteiger partial charge is 0.405 e. The number of hydrogen-bond donors (Lipinski definition) is 1. The maximum Gasteiger partial charge on any atom is -0.0103 e. The van der Waals surface area contributed by atoms with Gasteiger partial charge >= 0.3 is 0 Å². The lowest BCUT2D eigenvalue weighted by Crippen LogP contribution is -1.83. The molecule has 0 radical (unpaired) electrons. The van der Waals surface area contributed by atoms with Gasteiger partial charge in [-0.1, -0.05) is 103 Å². The summed E-state index contributed by atoms with van der Waals surface area (Å²) < 4.78 is 0. The molecule has 0 atom stereocenters. The second-order valence-electron chi connectivity index (χ2n) is 6.17. The summed E-state index contributed by atoms with van der Waals surface area (Å²) in [5.41, 5.74) is 5.31. The van der Waals surface area contributed by atoms with E-state index >= 15 is 0 Å². The summed E-state index contributed by atoms with van der Waals surface area (Å²) in [4.78, 5) is 0. The number of rotatable bonds is 16. The molecule has 0 saturated carbocycles. The van der Waals surface area contributed by atoms with E-state index in [9.17, 15) is 0 Å². The number of hydrogen-bond acceptors (Lipinski definition) is 1. The molecule has 0 heterocycles. The molecule has 0 aromatic heterocycles. The second kappa shape index (κ2) is 18.5. The van der Waals surface area contributed by atoms with Crippen LogP contribution in [-0.4, -0.2) is 0 Å². The van der Waals surface area contributed by atoms with E-state index in [2.05, 4.69) is 13.0 Å². The molecule has 0 unspecified atom stereocenters. The van der Waals surface area contributed by atoms with Crippen LogP contribution in [0.25, 0.3) is 0 Å². The normalized spacial score (nSPS) is 11.4. The summed E-state index contributed by atoms with van der Waals surface area (Å²) in [6, 6.07) is 0. The van der Waals surface area contributed by atoms with Gasteiger partial charge < -0.3 is 5.73 Å². The van der Waals surface area contributed by atoms with Crippen LogP contribution < -0.4 is 5.73 Å². The number of unbranched alkanes of at least 4 members (excludes halogenated alkanes) is 15. The Morgan fingerprint density at radius 1 is 0.550 bits per heavy atom. The second-order valence-corrected chi connectivity index (χ2v) is 6.17. The molecule has 0 rings (SSSR count). The molecule has 0 aromatic carbocycles. The van der Waals surface area contributed by atoms with Gasteiger partial charge in [-0.2, -0.15) is 0 Å². The SMILES string of the molecule is CCCCCCCCCCCCCCCCCC=CN. The van der Waals surface area contributed by atoms with E-state index in [1.807, 2.05) is 0 Å². The van der Waals surface area contributed by atoms with Crippen molar-refractivity contribution >= 4 is 0 Å². The van der Waals surface area contributed by atoms with Gasteiger partial charge in [0.2, 0.25) is 0 Å². The van der Waals surface area contributed by atoms with E-state index in [0.717, 1.165) is 6.42 Å². The average Bonchev–Trinajstić information content (AvgIpc) is 2.47. The summed E-state index contributed by atoms with van der Waals surface area (Å²) in [5.74, 6) is 0. The van der Waals surface area contributed by atoms with Crippen molar-refractivity contribution in [1.29, 1.82) is 0 Å². The highest BCUT2D eigenvalue weighted by molar-refractivity contribution is 4.74. The Balaban J connectivity index is 2.92. The third kappa shape index (κ3) is 17.5. The summed E-state index contributed by atoms with van der Waals surface area (Å²) >= 11 is 0. The third-order valence-electron chi connectivity index (χ3n) is 4.11. The van der Waals surface area contributed by atoms with Crippen molar-refractivity contribution in [3.05, 3.63) is 12.3 Å². The fourth-order valence-corrected chi connectivity index (χ4v) is 2.73. The molecule has 0 aliphatic rings. The van der Waals surface area contributed by atoms with E-state index in [0.29, 0.717) is 0 Å². The van der Waals surface area contributed by atoms with Crippen molar-refractivity contribution in [2.24, 2.45) is 5.73 Å². The molecule has 0 aliphatic heterocycles. The van der Waals surface area contributed by atoms with Gasteiger partial charge in [0.15, 0.2) is 0 Å². The highest BCUT2D eigenvalue weighted by Crippen LogP contribution is 2.13. The van der Waals surface area contributed by atoms with Crippen LogP contribution in [0.2, 0.25) is 0 Å². The molecule has 1 heteroatoms. The molecule has 0 bridgehead atoms. The van der Waals surface area contributed by atoms with Crippen LogP contribution in [0.4, 0.5) is 0 Å². The van der Waals surface area contributed by atoms with Gasteiger partial charge in [-0.25, -0.2) is 0 Å². The van der Waals surface area contributed by atoms with Crippen LogP contribution in [0.1, 0.15) is 110 Å². The van der Waals surface area contributed by atoms with Crippen LogP contribution >= 0.6 is 0 Å². The molecule has 0 amide bonds. The molecule has 120 valence electrons. The van der Waals surface area contributed by atoms with E-state index < -0.39 is 0 Å². The Morgan fingerprint density at radius 2 is 0.900 bits per heavy atom. The highest BCUT2D eigenvalue weighted by Gasteiger charge is 1.93. The van der Waals surface area contributed by atoms with E-state index in [4.69, 9.17) is 5.73 Å². The molecule has 2 N–H and O–H groups in total. The first-order chi connectivity index (χ1) is 9.91. The Kier molecular flexibility index (Phi) is 18.1. The molecule has 20 heavy (non-hydrogen) atoms. The lowest BCUT2D eigenvalue weighted by molar-refractivity contribution is 0.533. The van der Waals surface area contributed by atoms with Crippen molar-refractivity contribution in [2.75, 3.05) is 0 Å². The zero-order chi connectivity index (χ0) is 14.7. The lowest BCUT2D eigenvalue weighted by Gasteiger charge is -2.03. The predicted molar refractivity (Wildman–Crippen MR) is 92.9 cm³/mol. The first kappa shape index (κ1) is 19.5. The van der Waals surface area contributed by atoms with Gasteiger partial charge in [0, 0.05) is 0 Å². The predicted octanol–water partition coefficient (Wildman–Crippen LogP) is 6.72. The Labute approximate surface area is 128 Å². The van der Waals surface area contributed by atoms with Crippen molar-refractivity contribution < 1.29 is 0 Å². The lowest BCUT2D eigenvalue weighted by atomic mass is 10.0. The van der Waals surface area contributed by atoms with E-state index in [1.54, 1.807) is 6.20 Å². The van der Waals surface area contributed by atoms with E-state index in [1.165, 1.54) is 96.3 Å². The summed E-state index contributed by atoms with van der Waals surface area (Å²) in [6.07, 6.45) is 26.4. The molecule has 0 fully saturated rings.